The van der Waals surface area contributed by atoms with Crippen molar-refractivity contribution in [3.8, 4) is 5.75 Å². The standard InChI is InChI=1S/C16H18BrNO/c1-10-8-11(2)15(14(9-10)19-3)16(18)12-6-4-5-7-13(12)17/h4-9,16H,18H2,1-3H3. The first-order valence-corrected chi connectivity index (χ1v) is 6.99. The maximum Gasteiger partial charge on any atom is 0.124 e. The maximum absolute atomic E-state index is 6.43. The molecule has 2 N–H and O–H groups in total. The van der Waals surface area contributed by atoms with E-state index >= 15 is 0 Å². The molecule has 0 bridgehead atoms. The topological polar surface area (TPSA) is 35.2 Å². The average molecular weight is 320 g/mol. The van der Waals surface area contributed by atoms with Crippen LogP contribution >= 0.6 is 15.9 Å². The SMILES string of the molecule is COc1cc(C)cc(C)c1C(N)c1ccccc1Br. The molecule has 100 valence electrons. The van der Waals surface area contributed by atoms with Crippen molar-refractivity contribution in [2.24, 2.45) is 5.73 Å². The highest BCUT2D eigenvalue weighted by atomic mass is 79.9. The van der Waals surface area contributed by atoms with Crippen LogP contribution in [0.25, 0.3) is 0 Å². The molecule has 0 saturated carbocycles. The summed E-state index contributed by atoms with van der Waals surface area (Å²) in [5, 5.41) is 0. The molecule has 0 radical (unpaired) electrons. The van der Waals surface area contributed by atoms with E-state index in [0.717, 1.165) is 26.9 Å². The molecular formula is C16H18BrNO. The van der Waals surface area contributed by atoms with E-state index in [1.807, 2.05) is 30.3 Å². The van der Waals surface area contributed by atoms with Crippen LogP contribution in [0.15, 0.2) is 40.9 Å². The molecule has 19 heavy (non-hydrogen) atoms. The molecule has 0 amide bonds. The van der Waals surface area contributed by atoms with Gasteiger partial charge in [-0.1, -0.05) is 40.2 Å². The van der Waals surface area contributed by atoms with Crippen molar-refractivity contribution in [2.75, 3.05) is 7.11 Å². The number of ether oxygens (including phenoxy) is 1. The Morgan fingerprint density at radius 1 is 1.16 bits per heavy atom. The highest BCUT2D eigenvalue weighted by molar-refractivity contribution is 9.10. The molecular weight excluding hydrogens is 302 g/mol. The molecule has 1 unspecified atom stereocenters. The van der Waals surface area contributed by atoms with Gasteiger partial charge in [0.1, 0.15) is 5.75 Å². The molecule has 2 aromatic carbocycles. The quantitative estimate of drug-likeness (QED) is 0.923. The lowest BCUT2D eigenvalue weighted by Gasteiger charge is -2.20. The summed E-state index contributed by atoms with van der Waals surface area (Å²) in [6.45, 7) is 4.13. The van der Waals surface area contributed by atoms with Gasteiger partial charge in [0.05, 0.1) is 13.2 Å². The van der Waals surface area contributed by atoms with Gasteiger partial charge >= 0.3 is 0 Å². The molecule has 2 aromatic rings. The van der Waals surface area contributed by atoms with Crippen LogP contribution in [0.2, 0.25) is 0 Å². The van der Waals surface area contributed by atoms with E-state index < -0.39 is 0 Å². The van der Waals surface area contributed by atoms with Crippen LogP contribution in [0.3, 0.4) is 0 Å². The molecule has 3 heteroatoms. The van der Waals surface area contributed by atoms with Gasteiger partial charge in [0.15, 0.2) is 0 Å². The molecule has 0 aliphatic carbocycles. The number of halogens is 1. The zero-order chi connectivity index (χ0) is 14.0. The number of nitrogens with two attached hydrogens (primary N) is 1. The molecule has 0 saturated heterocycles. The fourth-order valence-electron chi connectivity index (χ4n) is 2.39. The van der Waals surface area contributed by atoms with Crippen LogP contribution in [0, 0.1) is 13.8 Å². The summed E-state index contributed by atoms with van der Waals surface area (Å²) in [5.74, 6) is 0.848. The number of hydrogen-bond donors (Lipinski definition) is 1. The minimum absolute atomic E-state index is 0.203. The van der Waals surface area contributed by atoms with Crippen molar-refractivity contribution in [3.05, 3.63) is 63.1 Å². The minimum Gasteiger partial charge on any atom is -0.496 e. The first-order chi connectivity index (χ1) is 9.04. The van der Waals surface area contributed by atoms with Crippen LogP contribution < -0.4 is 10.5 Å². The molecule has 0 aliphatic rings. The number of rotatable bonds is 3. The Hall–Kier alpha value is -1.32. The van der Waals surface area contributed by atoms with Crippen molar-refractivity contribution in [2.45, 2.75) is 19.9 Å². The van der Waals surface area contributed by atoms with Gasteiger partial charge in [-0.25, -0.2) is 0 Å². The second-order valence-electron chi connectivity index (χ2n) is 4.70. The zero-order valence-electron chi connectivity index (χ0n) is 11.4. The number of methoxy groups -OCH3 is 1. The summed E-state index contributed by atoms with van der Waals surface area (Å²) < 4.78 is 6.51. The van der Waals surface area contributed by atoms with Crippen LogP contribution in [0.5, 0.6) is 5.75 Å². The van der Waals surface area contributed by atoms with E-state index in [4.69, 9.17) is 10.5 Å². The normalized spacial score (nSPS) is 12.3. The van der Waals surface area contributed by atoms with Crippen LogP contribution in [-0.2, 0) is 0 Å². The van der Waals surface area contributed by atoms with Gasteiger partial charge in [-0.3, -0.25) is 0 Å². The number of benzene rings is 2. The Bertz CT molecular complexity index is 595. The van der Waals surface area contributed by atoms with E-state index in [2.05, 4.69) is 35.8 Å². The van der Waals surface area contributed by atoms with Gasteiger partial charge in [-0.2, -0.15) is 0 Å². The molecule has 2 rings (SSSR count). The van der Waals surface area contributed by atoms with Crippen LogP contribution in [-0.4, -0.2) is 7.11 Å². The highest BCUT2D eigenvalue weighted by Crippen LogP contribution is 2.34. The van der Waals surface area contributed by atoms with Crippen LogP contribution in [0.4, 0.5) is 0 Å². The van der Waals surface area contributed by atoms with Gasteiger partial charge in [0.2, 0.25) is 0 Å². The smallest absolute Gasteiger partial charge is 0.124 e. The largest absolute Gasteiger partial charge is 0.496 e. The third-order valence-corrected chi connectivity index (χ3v) is 3.99. The Labute approximate surface area is 122 Å². The molecule has 1 atom stereocenters. The first-order valence-electron chi connectivity index (χ1n) is 6.19. The summed E-state index contributed by atoms with van der Waals surface area (Å²) >= 11 is 3.56. The summed E-state index contributed by atoms with van der Waals surface area (Å²) in [4.78, 5) is 0. The molecule has 0 spiro atoms. The Morgan fingerprint density at radius 2 is 1.84 bits per heavy atom. The fourth-order valence-corrected chi connectivity index (χ4v) is 2.92. The lowest BCUT2D eigenvalue weighted by Crippen LogP contribution is -2.15. The average Bonchev–Trinajstić information content (AvgIpc) is 2.37. The highest BCUT2D eigenvalue weighted by Gasteiger charge is 2.18. The van der Waals surface area contributed by atoms with E-state index in [0.29, 0.717) is 0 Å². The van der Waals surface area contributed by atoms with E-state index in [9.17, 15) is 0 Å². The maximum atomic E-state index is 6.43. The third-order valence-electron chi connectivity index (χ3n) is 3.26. The van der Waals surface area contributed by atoms with Crippen molar-refractivity contribution in [1.29, 1.82) is 0 Å². The lowest BCUT2D eigenvalue weighted by molar-refractivity contribution is 0.407. The van der Waals surface area contributed by atoms with E-state index in [-0.39, 0.29) is 6.04 Å². The summed E-state index contributed by atoms with van der Waals surface area (Å²) in [6, 6.07) is 12.0. The summed E-state index contributed by atoms with van der Waals surface area (Å²) in [6.07, 6.45) is 0. The van der Waals surface area contributed by atoms with Crippen LogP contribution in [0.1, 0.15) is 28.3 Å². The number of aryl methyl sites for hydroxylation is 2. The first kappa shape index (κ1) is 14.1. The molecule has 0 aromatic heterocycles. The van der Waals surface area contributed by atoms with Crippen molar-refractivity contribution in [3.63, 3.8) is 0 Å². The Morgan fingerprint density at radius 3 is 2.47 bits per heavy atom. The van der Waals surface area contributed by atoms with Gasteiger partial charge in [0.25, 0.3) is 0 Å². The Kier molecular flexibility index (Phi) is 4.27. The molecule has 2 nitrogen and oxygen atoms in total. The summed E-state index contributed by atoms with van der Waals surface area (Å²) in [5.41, 5.74) is 10.9. The van der Waals surface area contributed by atoms with Gasteiger partial charge in [-0.15, -0.1) is 0 Å². The fraction of sp³-hybridized carbons (Fsp3) is 0.250. The van der Waals surface area contributed by atoms with Crippen molar-refractivity contribution >= 4 is 15.9 Å². The third kappa shape index (κ3) is 2.82. The van der Waals surface area contributed by atoms with Crippen molar-refractivity contribution < 1.29 is 4.74 Å². The molecule has 0 aliphatic heterocycles. The lowest BCUT2D eigenvalue weighted by atomic mass is 9.93. The number of hydrogen-bond acceptors (Lipinski definition) is 2. The predicted molar refractivity (Wildman–Crippen MR) is 82.6 cm³/mol. The van der Waals surface area contributed by atoms with Gasteiger partial charge < -0.3 is 10.5 Å². The predicted octanol–water partition coefficient (Wildman–Crippen LogP) is 4.12. The second-order valence-corrected chi connectivity index (χ2v) is 5.55. The molecule has 0 heterocycles. The van der Waals surface area contributed by atoms with E-state index in [1.54, 1.807) is 7.11 Å². The summed E-state index contributed by atoms with van der Waals surface area (Å²) in [7, 11) is 1.68. The monoisotopic (exact) mass is 319 g/mol. The van der Waals surface area contributed by atoms with E-state index in [1.165, 1.54) is 5.56 Å². The Balaban J connectivity index is 2.56. The molecule has 0 fully saturated rings. The minimum atomic E-state index is -0.203. The van der Waals surface area contributed by atoms with Gasteiger partial charge in [0, 0.05) is 10.0 Å². The van der Waals surface area contributed by atoms with Gasteiger partial charge in [-0.05, 0) is 42.7 Å². The zero-order valence-corrected chi connectivity index (χ0v) is 13.0. The van der Waals surface area contributed by atoms with Crippen molar-refractivity contribution in [1.82, 2.24) is 0 Å². The second kappa shape index (κ2) is 5.76.